The number of aromatic amines is 1. The van der Waals surface area contributed by atoms with Crippen LogP contribution in [0.1, 0.15) is 11.3 Å². The SMILES string of the molecule is S=c1nccc(C=Cc2ccc(Cl)cc2)[nH]1.[K]. The summed E-state index contributed by atoms with van der Waals surface area (Å²) in [6, 6.07) is 9.48. The third-order valence-corrected chi connectivity index (χ3v) is 2.48. The van der Waals surface area contributed by atoms with Crippen LogP contribution in [-0.4, -0.2) is 61.4 Å². The van der Waals surface area contributed by atoms with Gasteiger partial charge in [0.15, 0.2) is 4.77 Å². The first-order chi connectivity index (χ1) is 7.74. The van der Waals surface area contributed by atoms with Crippen molar-refractivity contribution in [2.24, 2.45) is 0 Å². The van der Waals surface area contributed by atoms with Gasteiger partial charge in [-0.05, 0) is 42.1 Å². The molecule has 0 saturated carbocycles. The van der Waals surface area contributed by atoms with E-state index in [2.05, 4.69) is 9.97 Å². The molecular formula is C12H9ClKN2S. The van der Waals surface area contributed by atoms with Gasteiger partial charge < -0.3 is 4.98 Å². The molecule has 0 amide bonds. The van der Waals surface area contributed by atoms with Crippen LogP contribution in [0.2, 0.25) is 5.02 Å². The molecule has 0 aliphatic heterocycles. The normalized spacial score (nSPS) is 10.2. The van der Waals surface area contributed by atoms with Gasteiger partial charge in [0.05, 0.1) is 0 Å². The fourth-order valence-corrected chi connectivity index (χ4v) is 1.54. The van der Waals surface area contributed by atoms with Crippen molar-refractivity contribution in [1.29, 1.82) is 0 Å². The third-order valence-electron chi connectivity index (χ3n) is 2.02. The zero-order chi connectivity index (χ0) is 11.4. The van der Waals surface area contributed by atoms with E-state index in [1.54, 1.807) is 6.20 Å². The van der Waals surface area contributed by atoms with E-state index in [4.69, 9.17) is 23.8 Å². The third kappa shape index (κ3) is 5.14. The first kappa shape index (κ1) is 15.2. The minimum Gasteiger partial charge on any atom is -0.331 e. The summed E-state index contributed by atoms with van der Waals surface area (Å²) >= 11 is 10.7. The summed E-state index contributed by atoms with van der Waals surface area (Å²) in [5.41, 5.74) is 2.01. The molecule has 0 aliphatic rings. The Hall–Kier alpha value is 0.186. The summed E-state index contributed by atoms with van der Waals surface area (Å²) < 4.78 is 0.484. The largest absolute Gasteiger partial charge is 0.331 e. The maximum atomic E-state index is 5.80. The fourth-order valence-electron chi connectivity index (χ4n) is 1.24. The van der Waals surface area contributed by atoms with Crippen molar-refractivity contribution in [3.8, 4) is 0 Å². The first-order valence-electron chi connectivity index (χ1n) is 4.73. The smallest absolute Gasteiger partial charge is 0.197 e. The molecule has 0 spiro atoms. The van der Waals surface area contributed by atoms with Gasteiger partial charge in [0.25, 0.3) is 0 Å². The summed E-state index contributed by atoms with van der Waals surface area (Å²) in [7, 11) is 0. The number of halogens is 1. The van der Waals surface area contributed by atoms with Crippen LogP contribution in [0.4, 0.5) is 0 Å². The zero-order valence-electron chi connectivity index (χ0n) is 9.35. The first-order valence-corrected chi connectivity index (χ1v) is 5.52. The van der Waals surface area contributed by atoms with E-state index < -0.39 is 0 Å². The maximum Gasteiger partial charge on any atom is 0.197 e. The van der Waals surface area contributed by atoms with Crippen LogP contribution < -0.4 is 0 Å². The molecule has 2 aromatic rings. The Bertz CT molecular complexity index is 563. The van der Waals surface area contributed by atoms with Crippen LogP contribution in [0.15, 0.2) is 36.5 Å². The van der Waals surface area contributed by atoms with E-state index in [1.165, 1.54) is 0 Å². The van der Waals surface area contributed by atoms with Crippen LogP contribution in [0.25, 0.3) is 12.2 Å². The predicted molar refractivity (Wildman–Crippen MR) is 75.6 cm³/mol. The quantitative estimate of drug-likeness (QED) is 0.675. The van der Waals surface area contributed by atoms with Gasteiger partial charge in [0.1, 0.15) is 0 Å². The van der Waals surface area contributed by atoms with Gasteiger partial charge in [-0.1, -0.05) is 29.8 Å². The molecule has 81 valence electrons. The Labute approximate surface area is 153 Å². The number of benzene rings is 1. The second-order valence-electron chi connectivity index (χ2n) is 3.22. The maximum absolute atomic E-state index is 5.80. The Morgan fingerprint density at radius 2 is 1.82 bits per heavy atom. The van der Waals surface area contributed by atoms with E-state index in [0.717, 1.165) is 16.3 Å². The van der Waals surface area contributed by atoms with E-state index >= 15 is 0 Å². The molecule has 0 aliphatic carbocycles. The second kappa shape index (κ2) is 7.58. The van der Waals surface area contributed by atoms with Gasteiger partial charge in [0, 0.05) is 68.3 Å². The van der Waals surface area contributed by atoms with Gasteiger partial charge in [-0.3, -0.25) is 0 Å². The van der Waals surface area contributed by atoms with E-state index in [9.17, 15) is 0 Å². The van der Waals surface area contributed by atoms with Crippen molar-refractivity contribution in [2.45, 2.75) is 0 Å². The number of hydrogen-bond acceptors (Lipinski definition) is 2. The Morgan fingerprint density at radius 1 is 1.12 bits per heavy atom. The summed E-state index contributed by atoms with van der Waals surface area (Å²) in [4.78, 5) is 6.89. The van der Waals surface area contributed by atoms with E-state index in [1.807, 2.05) is 42.5 Å². The Kier molecular flexibility index (Phi) is 6.80. The van der Waals surface area contributed by atoms with Gasteiger partial charge in [-0.25, -0.2) is 4.98 Å². The van der Waals surface area contributed by atoms with Crippen molar-refractivity contribution in [1.82, 2.24) is 9.97 Å². The Morgan fingerprint density at radius 3 is 2.47 bits per heavy atom. The monoisotopic (exact) mass is 287 g/mol. The minimum absolute atomic E-state index is 0. The van der Waals surface area contributed by atoms with Gasteiger partial charge in [-0.15, -0.1) is 0 Å². The average molecular weight is 288 g/mol. The molecule has 2 rings (SSSR count). The molecule has 1 N–H and O–H groups in total. The molecular weight excluding hydrogens is 279 g/mol. The molecule has 1 radical (unpaired) electrons. The van der Waals surface area contributed by atoms with Crippen LogP contribution in [0, 0.1) is 4.77 Å². The second-order valence-corrected chi connectivity index (χ2v) is 4.04. The van der Waals surface area contributed by atoms with E-state index in [0.29, 0.717) is 4.77 Å². The molecule has 5 heteroatoms. The molecule has 0 atom stereocenters. The number of rotatable bonds is 2. The number of hydrogen-bond donors (Lipinski definition) is 1. The van der Waals surface area contributed by atoms with Crippen LogP contribution in [-0.2, 0) is 0 Å². The van der Waals surface area contributed by atoms with Gasteiger partial charge >= 0.3 is 0 Å². The van der Waals surface area contributed by atoms with Crippen molar-refractivity contribution < 1.29 is 0 Å². The van der Waals surface area contributed by atoms with Crippen LogP contribution >= 0.6 is 23.8 Å². The van der Waals surface area contributed by atoms with Crippen molar-refractivity contribution in [2.75, 3.05) is 0 Å². The molecule has 1 heterocycles. The molecule has 17 heavy (non-hydrogen) atoms. The molecule has 1 aromatic heterocycles. The summed E-state index contributed by atoms with van der Waals surface area (Å²) in [6.07, 6.45) is 5.61. The molecule has 0 fully saturated rings. The summed E-state index contributed by atoms with van der Waals surface area (Å²) in [6.45, 7) is 0. The van der Waals surface area contributed by atoms with Crippen LogP contribution in [0.3, 0.4) is 0 Å². The molecule has 0 unspecified atom stereocenters. The summed E-state index contributed by atoms with van der Waals surface area (Å²) in [5.74, 6) is 0. The minimum atomic E-state index is 0. The predicted octanol–water partition coefficient (Wildman–Crippen LogP) is 3.58. The molecule has 1 aromatic carbocycles. The van der Waals surface area contributed by atoms with Crippen LogP contribution in [0.5, 0.6) is 0 Å². The topological polar surface area (TPSA) is 28.7 Å². The number of H-pyrrole nitrogens is 1. The van der Waals surface area contributed by atoms with E-state index in [-0.39, 0.29) is 51.4 Å². The average Bonchev–Trinajstić information content (AvgIpc) is 2.28. The van der Waals surface area contributed by atoms with Gasteiger partial charge in [-0.2, -0.15) is 0 Å². The van der Waals surface area contributed by atoms with Crippen molar-refractivity contribution >= 4 is 87.4 Å². The zero-order valence-corrected chi connectivity index (χ0v) is 14.0. The standard InChI is InChI=1S/C12H9ClN2S.K/c13-10-4-1-9(2-5-10)3-6-11-7-8-14-12(16)15-11;/h1-8H,(H,14,15,16);. The van der Waals surface area contributed by atoms with Crippen molar-refractivity contribution in [3.05, 3.63) is 57.6 Å². The summed E-state index contributed by atoms with van der Waals surface area (Å²) in [5, 5.41) is 0.737. The van der Waals surface area contributed by atoms with Gasteiger partial charge in [0.2, 0.25) is 0 Å². The Balaban J connectivity index is 0.00000144. The number of nitrogens with one attached hydrogen (secondary N) is 1. The molecule has 2 nitrogen and oxygen atoms in total. The molecule has 0 saturated heterocycles. The number of aromatic nitrogens is 2. The number of nitrogens with zero attached hydrogens (tertiary/aromatic N) is 1. The molecule has 0 bridgehead atoms. The van der Waals surface area contributed by atoms with Crippen molar-refractivity contribution in [3.63, 3.8) is 0 Å². The fraction of sp³-hybridized carbons (Fsp3) is 0.